The van der Waals surface area contributed by atoms with Gasteiger partial charge >= 0.3 is 0 Å². The summed E-state index contributed by atoms with van der Waals surface area (Å²) in [6.07, 6.45) is 1.63. The number of hydrogen-bond acceptors (Lipinski definition) is 4. The lowest BCUT2D eigenvalue weighted by Crippen LogP contribution is -2.41. The van der Waals surface area contributed by atoms with E-state index in [0.29, 0.717) is 17.2 Å². The molecule has 2 amide bonds. The first kappa shape index (κ1) is 18.3. The van der Waals surface area contributed by atoms with E-state index < -0.39 is 6.04 Å². The van der Waals surface area contributed by atoms with Crippen molar-refractivity contribution in [2.45, 2.75) is 19.5 Å². The summed E-state index contributed by atoms with van der Waals surface area (Å²) in [6.45, 7) is 2.20. The summed E-state index contributed by atoms with van der Waals surface area (Å²) >= 11 is 4.64. The van der Waals surface area contributed by atoms with Gasteiger partial charge in [-0.25, -0.2) is 4.68 Å². The van der Waals surface area contributed by atoms with Gasteiger partial charge in [-0.2, -0.15) is 5.10 Å². The van der Waals surface area contributed by atoms with Gasteiger partial charge in [0.15, 0.2) is 0 Å². The maximum atomic E-state index is 12.4. The fourth-order valence-corrected chi connectivity index (χ4v) is 3.61. The molecule has 3 aromatic rings. The zero-order valence-corrected chi connectivity index (χ0v) is 16.4. The van der Waals surface area contributed by atoms with Crippen molar-refractivity contribution < 1.29 is 9.59 Å². The van der Waals surface area contributed by atoms with Gasteiger partial charge in [0.05, 0.1) is 21.4 Å². The van der Waals surface area contributed by atoms with E-state index in [9.17, 15) is 9.59 Å². The molecule has 2 N–H and O–H groups in total. The lowest BCUT2D eigenvalue weighted by atomic mass is 10.2. The number of benzene rings is 1. The molecule has 0 saturated carbocycles. The van der Waals surface area contributed by atoms with Gasteiger partial charge < -0.3 is 10.6 Å². The predicted octanol–water partition coefficient (Wildman–Crippen LogP) is 3.51. The van der Waals surface area contributed by atoms with Crippen LogP contribution < -0.4 is 10.6 Å². The third-order valence-electron chi connectivity index (χ3n) is 3.68. The number of nitrogens with one attached hydrogen (secondary N) is 2. The zero-order chi connectivity index (χ0) is 18.5. The topological polar surface area (TPSA) is 76.0 Å². The number of anilines is 1. The standard InChI is InChI=1S/C18H17BrN4O2S/c1-12(21-18(25)14-7-8-15(19)26-14)17(24)22-16-9-10-20-23(16)11-13-5-3-2-4-6-13/h2-10,12H,11H2,1H3,(H,21,25)(H,22,24). The Kier molecular flexibility index (Phi) is 5.85. The third kappa shape index (κ3) is 4.59. The molecular weight excluding hydrogens is 416 g/mol. The molecule has 0 aliphatic carbocycles. The molecule has 1 aromatic carbocycles. The van der Waals surface area contributed by atoms with Crippen LogP contribution in [0.1, 0.15) is 22.2 Å². The Bertz CT molecular complexity index is 907. The maximum absolute atomic E-state index is 12.4. The van der Waals surface area contributed by atoms with E-state index in [4.69, 9.17) is 0 Å². The maximum Gasteiger partial charge on any atom is 0.262 e. The highest BCUT2D eigenvalue weighted by Gasteiger charge is 2.19. The molecule has 1 atom stereocenters. The molecule has 2 heterocycles. The van der Waals surface area contributed by atoms with Crippen LogP contribution in [0.15, 0.2) is 58.5 Å². The molecule has 0 aliphatic rings. The summed E-state index contributed by atoms with van der Waals surface area (Å²) in [5, 5.41) is 9.76. The monoisotopic (exact) mass is 432 g/mol. The van der Waals surface area contributed by atoms with Crippen LogP contribution in [0, 0.1) is 0 Å². The van der Waals surface area contributed by atoms with Gasteiger partial charge in [-0.05, 0) is 40.5 Å². The van der Waals surface area contributed by atoms with Crippen LogP contribution in [0.5, 0.6) is 0 Å². The second-order valence-electron chi connectivity index (χ2n) is 5.65. The molecule has 3 rings (SSSR count). The van der Waals surface area contributed by atoms with Crippen molar-refractivity contribution in [2.75, 3.05) is 5.32 Å². The number of aromatic nitrogens is 2. The molecule has 26 heavy (non-hydrogen) atoms. The largest absolute Gasteiger partial charge is 0.340 e. The summed E-state index contributed by atoms with van der Waals surface area (Å²) in [4.78, 5) is 25.1. The summed E-state index contributed by atoms with van der Waals surface area (Å²) in [5.41, 5.74) is 1.08. The number of rotatable bonds is 6. The number of amides is 2. The first-order chi connectivity index (χ1) is 12.5. The first-order valence-corrected chi connectivity index (χ1v) is 9.56. The van der Waals surface area contributed by atoms with Crippen molar-refractivity contribution in [2.24, 2.45) is 0 Å². The molecule has 6 nitrogen and oxygen atoms in total. The molecule has 8 heteroatoms. The van der Waals surface area contributed by atoms with Crippen LogP contribution in [0.4, 0.5) is 5.82 Å². The molecule has 0 aliphatic heterocycles. The van der Waals surface area contributed by atoms with E-state index in [1.54, 1.807) is 36.0 Å². The van der Waals surface area contributed by atoms with Gasteiger partial charge in [-0.15, -0.1) is 11.3 Å². The Morgan fingerprint density at radius 3 is 2.65 bits per heavy atom. The van der Waals surface area contributed by atoms with E-state index in [1.165, 1.54) is 11.3 Å². The van der Waals surface area contributed by atoms with Gasteiger partial charge in [-0.3, -0.25) is 9.59 Å². The van der Waals surface area contributed by atoms with Crippen molar-refractivity contribution in [3.05, 3.63) is 69.0 Å². The summed E-state index contributed by atoms with van der Waals surface area (Å²) in [7, 11) is 0. The van der Waals surface area contributed by atoms with Crippen molar-refractivity contribution in [1.29, 1.82) is 0 Å². The zero-order valence-electron chi connectivity index (χ0n) is 14.0. The predicted molar refractivity (Wildman–Crippen MR) is 105 cm³/mol. The summed E-state index contributed by atoms with van der Waals surface area (Å²) in [6, 6.07) is 14.4. The van der Waals surface area contributed by atoms with Crippen LogP contribution >= 0.6 is 27.3 Å². The van der Waals surface area contributed by atoms with E-state index >= 15 is 0 Å². The lowest BCUT2D eigenvalue weighted by Gasteiger charge is -2.14. The van der Waals surface area contributed by atoms with Crippen LogP contribution in [-0.2, 0) is 11.3 Å². The van der Waals surface area contributed by atoms with Gasteiger partial charge in [-0.1, -0.05) is 30.3 Å². The van der Waals surface area contributed by atoms with Crippen molar-refractivity contribution in [3.8, 4) is 0 Å². The highest BCUT2D eigenvalue weighted by molar-refractivity contribution is 9.11. The average molecular weight is 433 g/mol. The first-order valence-electron chi connectivity index (χ1n) is 7.96. The molecule has 1 unspecified atom stereocenters. The Hall–Kier alpha value is -2.45. The highest BCUT2D eigenvalue weighted by Crippen LogP contribution is 2.22. The number of carbonyl (C=O) groups excluding carboxylic acids is 2. The number of nitrogens with zero attached hydrogens (tertiary/aromatic N) is 2. The highest BCUT2D eigenvalue weighted by atomic mass is 79.9. The van der Waals surface area contributed by atoms with E-state index in [2.05, 4.69) is 31.7 Å². The molecule has 0 spiro atoms. The Labute approximate surface area is 163 Å². The molecule has 2 aromatic heterocycles. The van der Waals surface area contributed by atoms with Crippen LogP contribution in [-0.4, -0.2) is 27.6 Å². The van der Waals surface area contributed by atoms with Gasteiger partial charge in [0.2, 0.25) is 5.91 Å². The second-order valence-corrected chi connectivity index (χ2v) is 8.11. The Morgan fingerprint density at radius 2 is 1.96 bits per heavy atom. The van der Waals surface area contributed by atoms with Crippen molar-refractivity contribution >= 4 is 44.9 Å². The Morgan fingerprint density at radius 1 is 1.19 bits per heavy atom. The van der Waals surface area contributed by atoms with Gasteiger partial charge in [0.1, 0.15) is 11.9 Å². The molecule has 134 valence electrons. The number of halogens is 1. The molecule has 0 radical (unpaired) electrons. The quantitative estimate of drug-likeness (QED) is 0.625. The van der Waals surface area contributed by atoms with Crippen molar-refractivity contribution in [1.82, 2.24) is 15.1 Å². The smallest absolute Gasteiger partial charge is 0.262 e. The third-order valence-corrected chi connectivity index (χ3v) is 5.30. The minimum Gasteiger partial charge on any atom is -0.340 e. The summed E-state index contributed by atoms with van der Waals surface area (Å²) < 4.78 is 2.57. The number of hydrogen-bond donors (Lipinski definition) is 2. The summed E-state index contributed by atoms with van der Waals surface area (Å²) in [5.74, 6) is 0.00347. The van der Waals surface area contributed by atoms with Crippen LogP contribution in [0.3, 0.4) is 0 Å². The van der Waals surface area contributed by atoms with Gasteiger partial charge in [0.25, 0.3) is 5.91 Å². The minimum absolute atomic E-state index is 0.277. The Balaban J connectivity index is 1.61. The van der Waals surface area contributed by atoms with E-state index in [0.717, 1.165) is 9.35 Å². The lowest BCUT2D eigenvalue weighted by molar-refractivity contribution is -0.117. The fourth-order valence-electron chi connectivity index (χ4n) is 2.33. The minimum atomic E-state index is -0.677. The van der Waals surface area contributed by atoms with Crippen LogP contribution in [0.25, 0.3) is 0 Å². The van der Waals surface area contributed by atoms with Crippen molar-refractivity contribution in [3.63, 3.8) is 0 Å². The number of carbonyl (C=O) groups is 2. The fraction of sp³-hybridized carbons (Fsp3) is 0.167. The van der Waals surface area contributed by atoms with E-state index in [-0.39, 0.29) is 11.8 Å². The normalized spacial score (nSPS) is 11.8. The average Bonchev–Trinajstić information content (AvgIpc) is 3.25. The molecule has 0 saturated heterocycles. The molecule has 0 fully saturated rings. The SMILES string of the molecule is CC(NC(=O)c1ccc(Br)s1)C(=O)Nc1ccnn1Cc1ccccc1. The second kappa shape index (κ2) is 8.29. The molecule has 0 bridgehead atoms. The van der Waals surface area contributed by atoms with E-state index in [1.807, 2.05) is 30.3 Å². The molecular formula is C18H17BrN4O2S. The van der Waals surface area contributed by atoms with Gasteiger partial charge in [0, 0.05) is 6.07 Å². The number of thiophene rings is 1. The van der Waals surface area contributed by atoms with Crippen LogP contribution in [0.2, 0.25) is 0 Å².